The molecule has 0 amide bonds. The Balaban J connectivity index is 2.16. The zero-order valence-electron chi connectivity index (χ0n) is 10.3. The Labute approximate surface area is 123 Å². The van der Waals surface area contributed by atoms with Crippen LogP contribution in [-0.2, 0) is 0 Å². The van der Waals surface area contributed by atoms with E-state index in [1.807, 2.05) is 6.07 Å². The monoisotopic (exact) mass is 313 g/mol. The van der Waals surface area contributed by atoms with Gasteiger partial charge in [0.25, 0.3) is 0 Å². The lowest BCUT2D eigenvalue weighted by molar-refractivity contribution is -0.274. The number of alkyl halides is 3. The molecule has 0 heterocycles. The van der Waals surface area contributed by atoms with Crippen LogP contribution in [0, 0.1) is 11.3 Å². The van der Waals surface area contributed by atoms with Crippen LogP contribution < -0.4 is 9.47 Å². The molecule has 0 saturated heterocycles. The van der Waals surface area contributed by atoms with Crippen molar-refractivity contribution in [3.05, 3.63) is 53.1 Å². The Morgan fingerprint density at radius 2 is 1.62 bits per heavy atom. The van der Waals surface area contributed by atoms with E-state index in [0.29, 0.717) is 5.02 Å². The highest BCUT2D eigenvalue weighted by atomic mass is 35.5. The van der Waals surface area contributed by atoms with Gasteiger partial charge in [-0.05, 0) is 42.5 Å². The summed E-state index contributed by atoms with van der Waals surface area (Å²) in [5.41, 5.74) is 0.220. The zero-order valence-corrected chi connectivity index (χ0v) is 11.1. The van der Waals surface area contributed by atoms with Crippen LogP contribution in [0.25, 0.3) is 0 Å². The molecule has 7 heteroatoms. The molecule has 2 aromatic rings. The predicted molar refractivity (Wildman–Crippen MR) is 69.4 cm³/mol. The lowest BCUT2D eigenvalue weighted by atomic mass is 10.2. The second-order valence-corrected chi connectivity index (χ2v) is 4.31. The predicted octanol–water partition coefficient (Wildman–Crippen LogP) is 4.90. The quantitative estimate of drug-likeness (QED) is 0.809. The van der Waals surface area contributed by atoms with Gasteiger partial charge in [-0.15, -0.1) is 13.2 Å². The van der Waals surface area contributed by atoms with Crippen LogP contribution in [0.3, 0.4) is 0 Å². The minimum Gasteiger partial charge on any atom is -0.456 e. The maximum absolute atomic E-state index is 12.0. The summed E-state index contributed by atoms with van der Waals surface area (Å²) in [5.74, 6) is 0.168. The first-order valence-corrected chi connectivity index (χ1v) is 5.98. The van der Waals surface area contributed by atoms with E-state index in [4.69, 9.17) is 21.6 Å². The van der Waals surface area contributed by atoms with Gasteiger partial charge in [0.05, 0.1) is 5.56 Å². The third-order valence-electron chi connectivity index (χ3n) is 2.35. The first kappa shape index (κ1) is 15.0. The molecule has 0 aliphatic heterocycles. The number of benzene rings is 2. The summed E-state index contributed by atoms with van der Waals surface area (Å²) in [7, 11) is 0. The Bertz CT molecular complexity index is 678. The van der Waals surface area contributed by atoms with Crippen molar-refractivity contribution < 1.29 is 22.6 Å². The SMILES string of the molecule is N#Cc1cc(Cl)ccc1Oc1ccc(OC(F)(F)F)cc1. The van der Waals surface area contributed by atoms with Crippen LogP contribution in [0.1, 0.15) is 5.56 Å². The minimum absolute atomic E-state index is 0.220. The molecular weight excluding hydrogens is 307 g/mol. The standard InChI is InChI=1S/C14H7ClF3NO2/c15-10-1-6-13(9(7-10)8-19)20-11-2-4-12(5-3-11)21-14(16,17)18/h1-7H. The second kappa shape index (κ2) is 5.94. The van der Waals surface area contributed by atoms with Gasteiger partial charge in [-0.25, -0.2) is 0 Å². The number of nitriles is 1. The molecule has 0 aliphatic rings. The van der Waals surface area contributed by atoms with Crippen molar-refractivity contribution in [3.8, 4) is 23.3 Å². The molecule has 3 nitrogen and oxygen atoms in total. The van der Waals surface area contributed by atoms with Crippen molar-refractivity contribution in [2.24, 2.45) is 0 Å². The van der Waals surface area contributed by atoms with E-state index in [1.165, 1.54) is 24.3 Å². The maximum Gasteiger partial charge on any atom is 0.573 e. The summed E-state index contributed by atoms with van der Waals surface area (Å²) in [4.78, 5) is 0. The Morgan fingerprint density at radius 3 is 2.19 bits per heavy atom. The van der Waals surface area contributed by atoms with Crippen LogP contribution in [0.2, 0.25) is 5.02 Å². The van der Waals surface area contributed by atoms with Gasteiger partial charge in [0.15, 0.2) is 0 Å². The van der Waals surface area contributed by atoms with Crippen molar-refractivity contribution in [3.63, 3.8) is 0 Å². The highest BCUT2D eigenvalue weighted by Gasteiger charge is 2.30. The lowest BCUT2D eigenvalue weighted by Gasteiger charge is -2.10. The Morgan fingerprint density at radius 1 is 1.00 bits per heavy atom. The summed E-state index contributed by atoms with van der Waals surface area (Å²) in [6.45, 7) is 0. The average Bonchev–Trinajstić information content (AvgIpc) is 2.41. The molecule has 0 saturated carbocycles. The molecule has 0 atom stereocenters. The van der Waals surface area contributed by atoms with E-state index in [0.717, 1.165) is 12.1 Å². The van der Waals surface area contributed by atoms with Crippen molar-refractivity contribution in [2.75, 3.05) is 0 Å². The molecule has 21 heavy (non-hydrogen) atoms. The minimum atomic E-state index is -4.74. The van der Waals surface area contributed by atoms with E-state index in [-0.39, 0.29) is 22.8 Å². The molecule has 0 radical (unpaired) electrons. The number of rotatable bonds is 3. The fourth-order valence-corrected chi connectivity index (χ4v) is 1.69. The Kier molecular flexibility index (Phi) is 4.24. The van der Waals surface area contributed by atoms with Crippen LogP contribution in [0.4, 0.5) is 13.2 Å². The fourth-order valence-electron chi connectivity index (χ4n) is 1.51. The highest BCUT2D eigenvalue weighted by molar-refractivity contribution is 6.30. The summed E-state index contributed by atoms with van der Waals surface area (Å²) in [6.07, 6.45) is -4.74. The van der Waals surface area contributed by atoms with E-state index in [2.05, 4.69) is 4.74 Å². The fraction of sp³-hybridized carbons (Fsp3) is 0.0714. The second-order valence-electron chi connectivity index (χ2n) is 3.87. The molecule has 0 fully saturated rings. The normalized spacial score (nSPS) is 10.8. The topological polar surface area (TPSA) is 42.2 Å². The van der Waals surface area contributed by atoms with E-state index >= 15 is 0 Å². The molecule has 0 aliphatic carbocycles. The number of halogens is 4. The van der Waals surface area contributed by atoms with Crippen molar-refractivity contribution in [1.29, 1.82) is 5.26 Å². The highest BCUT2D eigenvalue weighted by Crippen LogP contribution is 2.30. The smallest absolute Gasteiger partial charge is 0.456 e. The van der Waals surface area contributed by atoms with Crippen LogP contribution in [0.5, 0.6) is 17.2 Å². The summed E-state index contributed by atoms with van der Waals surface area (Å²) in [6, 6.07) is 11.2. The van der Waals surface area contributed by atoms with E-state index in [1.54, 1.807) is 6.07 Å². The van der Waals surface area contributed by atoms with Gasteiger partial charge in [0.2, 0.25) is 0 Å². The average molecular weight is 314 g/mol. The van der Waals surface area contributed by atoms with Gasteiger partial charge >= 0.3 is 6.36 Å². The van der Waals surface area contributed by atoms with Crippen molar-refractivity contribution >= 4 is 11.6 Å². The number of hydrogen-bond acceptors (Lipinski definition) is 3. The summed E-state index contributed by atoms with van der Waals surface area (Å²) < 4.78 is 45.2. The summed E-state index contributed by atoms with van der Waals surface area (Å²) in [5, 5.41) is 9.34. The lowest BCUT2D eigenvalue weighted by Crippen LogP contribution is -2.16. The van der Waals surface area contributed by atoms with Gasteiger partial charge in [-0.1, -0.05) is 11.6 Å². The molecule has 2 rings (SSSR count). The van der Waals surface area contributed by atoms with Crippen molar-refractivity contribution in [1.82, 2.24) is 0 Å². The molecule has 2 aromatic carbocycles. The number of ether oxygens (including phenoxy) is 2. The van der Waals surface area contributed by atoms with Crippen LogP contribution in [-0.4, -0.2) is 6.36 Å². The first-order chi connectivity index (χ1) is 9.87. The molecule has 0 spiro atoms. The number of nitrogens with zero attached hydrogens (tertiary/aromatic N) is 1. The molecular formula is C14H7ClF3NO2. The number of hydrogen-bond donors (Lipinski definition) is 0. The molecule has 0 aromatic heterocycles. The van der Waals surface area contributed by atoms with Crippen LogP contribution in [0.15, 0.2) is 42.5 Å². The third-order valence-corrected chi connectivity index (χ3v) is 2.58. The van der Waals surface area contributed by atoms with Gasteiger partial charge in [-0.2, -0.15) is 5.26 Å². The van der Waals surface area contributed by atoms with Gasteiger partial charge in [0.1, 0.15) is 23.3 Å². The largest absolute Gasteiger partial charge is 0.573 e. The molecule has 0 N–H and O–H groups in total. The van der Waals surface area contributed by atoms with E-state index in [9.17, 15) is 13.2 Å². The Hall–Kier alpha value is -2.39. The molecule has 0 unspecified atom stereocenters. The summed E-state index contributed by atoms with van der Waals surface area (Å²) >= 11 is 5.75. The van der Waals surface area contributed by atoms with E-state index < -0.39 is 6.36 Å². The third kappa shape index (κ3) is 4.29. The van der Waals surface area contributed by atoms with Crippen LogP contribution >= 0.6 is 11.6 Å². The van der Waals surface area contributed by atoms with Gasteiger partial charge < -0.3 is 9.47 Å². The maximum atomic E-state index is 12.0. The molecule has 0 bridgehead atoms. The zero-order chi connectivity index (χ0) is 15.5. The first-order valence-electron chi connectivity index (χ1n) is 5.61. The van der Waals surface area contributed by atoms with Gasteiger partial charge in [-0.3, -0.25) is 0 Å². The van der Waals surface area contributed by atoms with Gasteiger partial charge in [0, 0.05) is 5.02 Å². The molecule has 108 valence electrons. The van der Waals surface area contributed by atoms with Crippen molar-refractivity contribution in [2.45, 2.75) is 6.36 Å².